The predicted octanol–water partition coefficient (Wildman–Crippen LogP) is 1.35. The van der Waals surface area contributed by atoms with E-state index in [1.807, 2.05) is 0 Å². The number of hydrogen-bond donors (Lipinski definition) is 1. The molecule has 0 aliphatic heterocycles. The summed E-state index contributed by atoms with van der Waals surface area (Å²) in [6, 6.07) is 0. The van der Waals surface area contributed by atoms with E-state index in [4.69, 9.17) is 4.42 Å². The van der Waals surface area contributed by atoms with Gasteiger partial charge in [0.25, 0.3) is 0 Å². The summed E-state index contributed by atoms with van der Waals surface area (Å²) < 4.78 is 4.94. The molecule has 1 aromatic heterocycles. The first-order chi connectivity index (χ1) is 4.29. The molecule has 1 unspecified atom stereocenters. The Morgan fingerprint density at radius 1 is 1.89 bits per heavy atom. The monoisotopic (exact) mass is 142 g/mol. The molecule has 1 aromatic rings. The van der Waals surface area contributed by atoms with Crippen molar-refractivity contribution >= 4 is 12.6 Å². The van der Waals surface area contributed by atoms with E-state index in [-0.39, 0.29) is 5.25 Å². The van der Waals surface area contributed by atoms with Crippen LogP contribution in [0.4, 0.5) is 0 Å². The van der Waals surface area contributed by atoms with Crippen LogP contribution < -0.4 is 0 Å². The fraction of sp³-hybridized carbons (Fsp3) is 0.333. The van der Waals surface area contributed by atoms with Gasteiger partial charge in [0.1, 0.15) is 6.26 Å². The molecule has 0 bridgehead atoms. The highest BCUT2D eigenvalue weighted by Crippen LogP contribution is 2.02. The molecule has 0 amide bonds. The average molecular weight is 142 g/mol. The van der Waals surface area contributed by atoms with Crippen LogP contribution in [0.3, 0.4) is 0 Å². The minimum atomic E-state index is 0.0728. The standard InChI is InChI=1S/C6H8NOS/c1-5(9)4-6-7-2-3-8-6/h2-3,5,9H,1,4H2. The quantitative estimate of drug-likeness (QED) is 0.631. The van der Waals surface area contributed by atoms with Gasteiger partial charge in [-0.25, -0.2) is 4.98 Å². The van der Waals surface area contributed by atoms with Crippen molar-refractivity contribution in [2.75, 3.05) is 0 Å². The lowest BCUT2D eigenvalue weighted by Crippen LogP contribution is -1.96. The maximum atomic E-state index is 4.94. The lowest BCUT2D eigenvalue weighted by molar-refractivity contribution is 0.497. The van der Waals surface area contributed by atoms with Crippen molar-refractivity contribution in [1.82, 2.24) is 4.98 Å². The lowest BCUT2D eigenvalue weighted by atomic mass is 10.3. The second-order valence-corrected chi connectivity index (χ2v) is 2.51. The zero-order chi connectivity index (χ0) is 6.69. The summed E-state index contributed by atoms with van der Waals surface area (Å²) in [5, 5.41) is 0.0728. The van der Waals surface area contributed by atoms with Gasteiger partial charge in [-0.05, 0) is 6.92 Å². The second-order valence-electron chi connectivity index (χ2n) is 1.78. The fourth-order valence-corrected chi connectivity index (χ4v) is 0.712. The third kappa shape index (κ3) is 2.10. The first kappa shape index (κ1) is 6.68. The Morgan fingerprint density at radius 2 is 2.67 bits per heavy atom. The summed E-state index contributed by atoms with van der Waals surface area (Å²) >= 11 is 4.07. The summed E-state index contributed by atoms with van der Waals surface area (Å²) in [6.45, 7) is 3.68. The predicted molar refractivity (Wildman–Crippen MR) is 38.3 cm³/mol. The van der Waals surface area contributed by atoms with Gasteiger partial charge in [-0.15, -0.1) is 0 Å². The number of rotatable bonds is 2. The van der Waals surface area contributed by atoms with Gasteiger partial charge in [-0.2, -0.15) is 12.6 Å². The van der Waals surface area contributed by atoms with Crippen molar-refractivity contribution in [2.24, 2.45) is 0 Å². The van der Waals surface area contributed by atoms with Crippen LogP contribution in [0.15, 0.2) is 16.9 Å². The summed E-state index contributed by atoms with van der Waals surface area (Å²) in [5.74, 6) is 0.699. The van der Waals surface area contributed by atoms with Gasteiger partial charge >= 0.3 is 0 Å². The minimum absolute atomic E-state index is 0.0728. The Bertz CT molecular complexity index is 160. The topological polar surface area (TPSA) is 26.0 Å². The molecule has 0 aliphatic carbocycles. The Labute approximate surface area is 59.7 Å². The molecule has 0 N–H and O–H groups in total. The molecule has 1 atom stereocenters. The average Bonchev–Trinajstić information content (AvgIpc) is 2.15. The van der Waals surface area contributed by atoms with Gasteiger partial charge < -0.3 is 4.42 Å². The summed E-state index contributed by atoms with van der Waals surface area (Å²) in [4.78, 5) is 3.90. The summed E-state index contributed by atoms with van der Waals surface area (Å²) in [6.07, 6.45) is 3.85. The first-order valence-electron chi connectivity index (χ1n) is 2.68. The fourth-order valence-electron chi connectivity index (χ4n) is 0.555. The molecule has 0 saturated carbocycles. The number of hydrogen-bond acceptors (Lipinski definition) is 3. The third-order valence-corrected chi connectivity index (χ3v) is 1.08. The van der Waals surface area contributed by atoms with E-state index in [1.165, 1.54) is 0 Å². The number of aromatic nitrogens is 1. The van der Waals surface area contributed by atoms with E-state index in [9.17, 15) is 0 Å². The van der Waals surface area contributed by atoms with Crippen LogP contribution in [0.25, 0.3) is 0 Å². The zero-order valence-corrected chi connectivity index (χ0v) is 5.84. The Kier molecular flexibility index (Phi) is 2.16. The molecular weight excluding hydrogens is 134 g/mol. The molecule has 3 heteroatoms. The molecule has 1 radical (unpaired) electrons. The largest absolute Gasteiger partial charge is 0.449 e. The molecule has 0 saturated heterocycles. The van der Waals surface area contributed by atoms with Crippen molar-refractivity contribution in [3.8, 4) is 0 Å². The summed E-state index contributed by atoms with van der Waals surface area (Å²) in [7, 11) is 0. The maximum absolute atomic E-state index is 4.94. The van der Waals surface area contributed by atoms with Crippen molar-refractivity contribution in [1.29, 1.82) is 0 Å². The Balaban J connectivity index is 2.48. The molecular formula is C6H8NOS. The molecule has 2 nitrogen and oxygen atoms in total. The normalized spacial score (nSPS) is 13.6. The van der Waals surface area contributed by atoms with Gasteiger partial charge in [0.05, 0.1) is 6.20 Å². The molecule has 1 heterocycles. The smallest absolute Gasteiger partial charge is 0.195 e. The van der Waals surface area contributed by atoms with Crippen LogP contribution in [0, 0.1) is 6.92 Å². The maximum Gasteiger partial charge on any atom is 0.195 e. The lowest BCUT2D eigenvalue weighted by Gasteiger charge is -1.95. The zero-order valence-electron chi connectivity index (χ0n) is 4.95. The van der Waals surface area contributed by atoms with E-state index in [0.717, 1.165) is 0 Å². The van der Waals surface area contributed by atoms with Gasteiger partial charge in [0, 0.05) is 11.7 Å². The van der Waals surface area contributed by atoms with Crippen LogP contribution in [0.5, 0.6) is 0 Å². The number of oxazole rings is 1. The van der Waals surface area contributed by atoms with Crippen LogP contribution in [0.2, 0.25) is 0 Å². The van der Waals surface area contributed by atoms with E-state index in [2.05, 4.69) is 24.5 Å². The van der Waals surface area contributed by atoms with Crippen LogP contribution in [-0.2, 0) is 6.42 Å². The Hall–Kier alpha value is -0.440. The minimum Gasteiger partial charge on any atom is -0.449 e. The van der Waals surface area contributed by atoms with Gasteiger partial charge in [-0.1, -0.05) is 0 Å². The van der Waals surface area contributed by atoms with E-state index in [0.29, 0.717) is 12.3 Å². The third-order valence-electron chi connectivity index (χ3n) is 0.894. The highest BCUT2D eigenvalue weighted by atomic mass is 32.1. The van der Waals surface area contributed by atoms with E-state index < -0.39 is 0 Å². The molecule has 1 rings (SSSR count). The molecule has 9 heavy (non-hydrogen) atoms. The molecule has 49 valence electrons. The first-order valence-corrected chi connectivity index (χ1v) is 3.20. The highest BCUT2D eigenvalue weighted by molar-refractivity contribution is 7.81. The molecule has 0 aromatic carbocycles. The highest BCUT2D eigenvalue weighted by Gasteiger charge is 2.00. The second kappa shape index (κ2) is 2.92. The van der Waals surface area contributed by atoms with Crippen molar-refractivity contribution in [3.63, 3.8) is 0 Å². The molecule has 0 fully saturated rings. The van der Waals surface area contributed by atoms with Crippen LogP contribution >= 0.6 is 12.6 Å². The summed E-state index contributed by atoms with van der Waals surface area (Å²) in [5.41, 5.74) is 0. The number of nitrogens with zero attached hydrogens (tertiary/aromatic N) is 1. The van der Waals surface area contributed by atoms with Gasteiger partial charge in [-0.3, -0.25) is 0 Å². The van der Waals surface area contributed by atoms with Crippen LogP contribution in [-0.4, -0.2) is 10.2 Å². The van der Waals surface area contributed by atoms with Gasteiger partial charge in [0.2, 0.25) is 0 Å². The number of thiol groups is 1. The van der Waals surface area contributed by atoms with Crippen molar-refractivity contribution < 1.29 is 4.42 Å². The van der Waals surface area contributed by atoms with Crippen molar-refractivity contribution in [2.45, 2.75) is 11.7 Å². The van der Waals surface area contributed by atoms with Crippen LogP contribution in [0.1, 0.15) is 5.89 Å². The van der Waals surface area contributed by atoms with Gasteiger partial charge in [0.15, 0.2) is 5.89 Å². The Morgan fingerprint density at radius 3 is 3.11 bits per heavy atom. The molecule has 0 spiro atoms. The van der Waals surface area contributed by atoms with Crippen molar-refractivity contribution in [3.05, 3.63) is 25.3 Å². The van der Waals surface area contributed by atoms with E-state index >= 15 is 0 Å². The van der Waals surface area contributed by atoms with E-state index in [1.54, 1.807) is 12.5 Å². The SMILES string of the molecule is [CH2]C(S)Cc1ncco1. The molecule has 0 aliphatic rings.